The zero-order valence-electron chi connectivity index (χ0n) is 38.7. The number of halogens is 1. The Kier molecular flexibility index (Phi) is 16.9. The van der Waals surface area contributed by atoms with Crippen molar-refractivity contribution < 1.29 is 54.4 Å². The minimum atomic E-state index is -2.77. The minimum Gasteiger partial charge on any atom is -0.487 e. The van der Waals surface area contributed by atoms with Crippen molar-refractivity contribution in [2.75, 3.05) is 84.4 Å². The number of epoxide rings is 1. The summed E-state index contributed by atoms with van der Waals surface area (Å²) in [6.45, 7) is 28.3. The lowest BCUT2D eigenvalue weighted by Gasteiger charge is -2.43. The average molecular weight is 946 g/mol. The number of aliphatic hydroxyl groups is 1. The molecular weight excluding hydrogens is 874 g/mol. The molecule has 0 spiro atoms. The second-order valence-electron chi connectivity index (χ2n) is 19.5. The maximum absolute atomic E-state index is 15.8. The molecule has 15 nitrogen and oxygen atoms in total. The number of aliphatic hydroxyl groups excluding tert-OH is 1. The zero-order chi connectivity index (χ0) is 45.0. The van der Waals surface area contributed by atoms with Crippen LogP contribution in [0.3, 0.4) is 0 Å². The lowest BCUT2D eigenvalue weighted by molar-refractivity contribution is -0.0110. The maximum atomic E-state index is 15.8. The molecule has 0 radical (unpaired) electrons. The second kappa shape index (κ2) is 20.5. The van der Waals surface area contributed by atoms with Crippen LogP contribution >= 0.6 is 0 Å². The molecule has 0 bridgehead atoms. The summed E-state index contributed by atoms with van der Waals surface area (Å²) in [6.07, 6.45) is 2.03. The fourth-order valence-corrected chi connectivity index (χ4v) is 31.7. The van der Waals surface area contributed by atoms with Gasteiger partial charge in [0.05, 0.1) is 36.8 Å². The number of likely N-dealkylation sites (N-methyl/N-ethyl adjacent to an activating group) is 1. The number of piperazine rings is 1. The molecule has 2 saturated heterocycles. The van der Waals surface area contributed by atoms with Gasteiger partial charge in [-0.05, 0) is 110 Å². The van der Waals surface area contributed by atoms with Gasteiger partial charge < -0.3 is 59.6 Å². The monoisotopic (exact) mass is 945 g/mol. The van der Waals surface area contributed by atoms with Gasteiger partial charge in [-0.2, -0.15) is 0 Å². The van der Waals surface area contributed by atoms with E-state index >= 15 is 4.39 Å². The van der Waals surface area contributed by atoms with Crippen molar-refractivity contribution in [2.24, 2.45) is 0 Å². The summed E-state index contributed by atoms with van der Waals surface area (Å²) < 4.78 is 73.6. The molecule has 1 aromatic carbocycles. The molecule has 0 saturated carbocycles. The summed E-state index contributed by atoms with van der Waals surface area (Å²) in [5.41, 5.74) is -0.105. The van der Waals surface area contributed by atoms with Crippen molar-refractivity contribution in [3.8, 4) is 5.75 Å². The van der Waals surface area contributed by atoms with E-state index in [0.717, 1.165) is 32.2 Å². The molecule has 5 unspecified atom stereocenters. The molecule has 5 rings (SSSR count). The van der Waals surface area contributed by atoms with Crippen LogP contribution in [-0.2, 0) is 35.4 Å². The van der Waals surface area contributed by atoms with Gasteiger partial charge in [0.2, 0.25) is 5.43 Å². The quantitative estimate of drug-likeness (QED) is 0.0554. The molecule has 5 atom stereocenters. The van der Waals surface area contributed by atoms with Crippen molar-refractivity contribution >= 4 is 64.9 Å². The Balaban J connectivity index is 1.15. The average Bonchev–Trinajstić information content (AvgIpc) is 3.95. The summed E-state index contributed by atoms with van der Waals surface area (Å²) in [5.74, 6) is -1.16. The molecule has 346 valence electrons. The van der Waals surface area contributed by atoms with Crippen molar-refractivity contribution in [1.82, 2.24) is 9.47 Å². The third kappa shape index (κ3) is 14.8. The van der Waals surface area contributed by atoms with Gasteiger partial charge >= 0.3 is 31.7 Å². The van der Waals surface area contributed by atoms with Gasteiger partial charge in [0.1, 0.15) is 36.7 Å². The first-order chi connectivity index (χ1) is 28.4. The van der Waals surface area contributed by atoms with Crippen LogP contribution in [0.2, 0.25) is 77.6 Å². The smallest absolute Gasteiger partial charge is 0.343 e. The Bertz CT molecular complexity index is 1870. The van der Waals surface area contributed by atoms with Gasteiger partial charge in [-0.15, -0.1) is 0 Å². The lowest BCUT2D eigenvalue weighted by Crippen LogP contribution is -2.60. The summed E-state index contributed by atoms with van der Waals surface area (Å²) in [4.78, 5) is 31.1. The van der Waals surface area contributed by atoms with Crippen LogP contribution in [0.25, 0.3) is 10.9 Å². The normalized spacial score (nSPS) is 21.2. The van der Waals surface area contributed by atoms with Crippen molar-refractivity contribution in [3.05, 3.63) is 33.9 Å². The van der Waals surface area contributed by atoms with Crippen molar-refractivity contribution in [1.29, 1.82) is 0 Å². The van der Waals surface area contributed by atoms with Crippen molar-refractivity contribution in [3.63, 3.8) is 0 Å². The first-order valence-corrected chi connectivity index (χ1v) is 36.5. The molecule has 1 N–H and O–H groups in total. The number of carbonyl (C=O) groups is 1. The SMILES string of the molecule is CC1COc2c(N3CCN(C)CC3)c(F)cc3c(=O)c(C(=O)OCC(O)COCCC[Si](C)(O[Si](C)(C)C)O[Si](C)(C)O[Si](C)(CCCOCC4CO4)O[Si](C)(C)C)cn1c23. The van der Waals surface area contributed by atoms with E-state index in [2.05, 4.69) is 70.4 Å². The summed E-state index contributed by atoms with van der Waals surface area (Å²) >= 11 is 0. The predicted molar refractivity (Wildman–Crippen MR) is 246 cm³/mol. The number of ether oxygens (including phenoxy) is 5. The molecule has 3 aliphatic rings. The fraction of sp³-hybridized carbons (Fsp3) is 0.750. The molecule has 1 aromatic heterocycles. The largest absolute Gasteiger partial charge is 0.487 e. The molecule has 0 amide bonds. The Hall–Kier alpha value is -1.85. The van der Waals surface area contributed by atoms with E-state index in [-0.39, 0.29) is 42.9 Å². The summed E-state index contributed by atoms with van der Waals surface area (Å²) in [5, 5.41) is 10.8. The molecule has 3 aliphatic heterocycles. The lowest BCUT2D eigenvalue weighted by atomic mass is 10.1. The second-order valence-corrected chi connectivity index (χ2v) is 39.6. The van der Waals surface area contributed by atoms with Crippen LogP contribution in [-0.4, -0.2) is 155 Å². The highest BCUT2D eigenvalue weighted by Crippen LogP contribution is 2.42. The zero-order valence-corrected chi connectivity index (χ0v) is 43.7. The van der Waals surface area contributed by atoms with E-state index in [0.29, 0.717) is 62.3 Å². The van der Waals surface area contributed by atoms with E-state index in [1.807, 2.05) is 18.9 Å². The van der Waals surface area contributed by atoms with E-state index in [1.165, 1.54) is 12.3 Å². The Morgan fingerprint density at radius 3 is 2.00 bits per heavy atom. The molecule has 2 aromatic rings. The molecule has 4 heterocycles. The molecule has 61 heavy (non-hydrogen) atoms. The van der Waals surface area contributed by atoms with Gasteiger partial charge in [-0.1, -0.05) is 0 Å². The van der Waals surface area contributed by atoms with E-state index in [1.54, 1.807) is 4.57 Å². The van der Waals surface area contributed by atoms with Crippen molar-refractivity contribution in [2.45, 2.75) is 116 Å². The molecule has 0 aliphatic carbocycles. The Morgan fingerprint density at radius 2 is 1.44 bits per heavy atom. The van der Waals surface area contributed by atoms with E-state index in [4.69, 9.17) is 40.1 Å². The highest BCUT2D eigenvalue weighted by atomic mass is 28.5. The van der Waals surface area contributed by atoms with Gasteiger partial charge in [-0.3, -0.25) is 4.79 Å². The number of hydrogen-bond donors (Lipinski definition) is 1. The van der Waals surface area contributed by atoms with Gasteiger partial charge in [0.25, 0.3) is 0 Å². The van der Waals surface area contributed by atoms with Gasteiger partial charge in [0.15, 0.2) is 28.2 Å². The Morgan fingerprint density at radius 1 is 0.869 bits per heavy atom. The topological polar surface area (TPSA) is 152 Å². The fourth-order valence-electron chi connectivity index (χ4n) is 8.17. The maximum Gasteiger partial charge on any atom is 0.343 e. The number of carbonyl (C=O) groups excluding carboxylic acids is 1. The molecule has 21 heteroatoms. The van der Waals surface area contributed by atoms with Crippen LogP contribution in [0.4, 0.5) is 10.1 Å². The third-order valence-electron chi connectivity index (χ3n) is 10.4. The first-order valence-electron chi connectivity index (χ1n) is 21.8. The minimum absolute atomic E-state index is 0.0438. The van der Waals surface area contributed by atoms with Crippen LogP contribution < -0.4 is 15.1 Å². The van der Waals surface area contributed by atoms with Gasteiger partial charge in [-0.25, -0.2) is 9.18 Å². The number of anilines is 1. The number of hydrogen-bond acceptors (Lipinski definition) is 14. The first kappa shape index (κ1) is 50.2. The van der Waals surface area contributed by atoms with Crippen LogP contribution in [0.15, 0.2) is 17.1 Å². The molecular formula is C40H72FN3O12Si5. The number of benzene rings is 1. The van der Waals surface area contributed by atoms with Gasteiger partial charge in [0, 0.05) is 45.6 Å². The summed E-state index contributed by atoms with van der Waals surface area (Å²) in [6, 6.07) is 2.43. The number of rotatable bonds is 24. The number of pyridine rings is 1. The highest BCUT2D eigenvalue weighted by molar-refractivity contribution is 6.90. The van der Waals surface area contributed by atoms with E-state index < -0.39 is 65.6 Å². The molecule has 2 fully saturated rings. The van der Waals surface area contributed by atoms with Crippen LogP contribution in [0, 0.1) is 5.82 Å². The third-order valence-corrected chi connectivity index (χ3v) is 28.7. The standard InChI is InChI=1S/C40H72FN3O12Si5/c1-30-25-51-39-36-33(23-35(41)37(39)43-17-15-42(2)16-18-43)38(46)34(24-44(30)36)40(47)52-27-31(45)26-48-19-13-21-60(11,53-57(3,4)5)55-59(9,10)56-61(12,54-58(6,7)8)22-14-20-49-28-32-29-50-32/h23-24,30-32,45H,13-22,25-29H2,1-12H3. The predicted octanol–water partition coefficient (Wildman–Crippen LogP) is 6.16. The number of esters is 1. The summed E-state index contributed by atoms with van der Waals surface area (Å²) in [7, 11) is -10.1. The van der Waals surface area contributed by atoms with Crippen LogP contribution in [0.1, 0.15) is 36.2 Å². The highest BCUT2D eigenvalue weighted by Gasteiger charge is 2.48. The van der Waals surface area contributed by atoms with E-state index in [9.17, 15) is 14.7 Å². The number of aromatic nitrogens is 1. The Labute approximate surface area is 367 Å². The van der Waals surface area contributed by atoms with Crippen LogP contribution in [0.5, 0.6) is 5.75 Å². The number of nitrogens with zero attached hydrogens (tertiary/aromatic N) is 3.